The number of nitrogens with zero attached hydrogens (tertiary/aromatic N) is 1. The van der Waals surface area contributed by atoms with Gasteiger partial charge in [0.1, 0.15) is 0 Å². The van der Waals surface area contributed by atoms with Crippen molar-refractivity contribution in [3.05, 3.63) is 0 Å². The molecule has 0 bridgehead atoms. The third-order valence-electron chi connectivity index (χ3n) is 4.00. The average molecular weight is 168 g/mol. The zero-order valence-electron chi connectivity index (χ0n) is 8.71. The summed E-state index contributed by atoms with van der Waals surface area (Å²) in [6.45, 7) is 5.34. The minimum atomic E-state index is 1.00. The molecule has 1 heteroatoms. The summed E-state index contributed by atoms with van der Waals surface area (Å²) in [6.07, 6.45) is 4.49. The molecule has 0 aromatic carbocycles. The summed E-state index contributed by atoms with van der Waals surface area (Å²) in [7, 11) is 4.79. The van der Waals surface area contributed by atoms with E-state index < -0.39 is 0 Å². The highest BCUT2D eigenvalue weighted by atomic mass is 15.3. The standard InChI is InChI=1S/C11H22N/c1-9-5-4-6-10-7-12(2,3)8-11(9)10/h9-11H,4-8H2,1-3H3/q+1. The monoisotopic (exact) mass is 168 g/mol. The largest absolute Gasteiger partial charge is 0.328 e. The minimum absolute atomic E-state index is 1.00. The second-order valence-electron chi connectivity index (χ2n) is 5.63. The second kappa shape index (κ2) is 2.73. The van der Waals surface area contributed by atoms with Gasteiger partial charge in [-0.15, -0.1) is 0 Å². The molecule has 1 saturated carbocycles. The molecule has 0 N–H and O–H groups in total. The maximum Gasteiger partial charge on any atom is 0.0818 e. The molecule has 0 amide bonds. The Hall–Kier alpha value is -0.0400. The van der Waals surface area contributed by atoms with E-state index in [1.807, 2.05) is 0 Å². The molecule has 1 aliphatic carbocycles. The number of likely N-dealkylation sites (tertiary alicyclic amines) is 1. The van der Waals surface area contributed by atoms with Gasteiger partial charge >= 0.3 is 0 Å². The van der Waals surface area contributed by atoms with Crippen molar-refractivity contribution in [1.29, 1.82) is 0 Å². The van der Waals surface area contributed by atoms with Gasteiger partial charge in [-0.1, -0.05) is 19.8 Å². The van der Waals surface area contributed by atoms with Crippen LogP contribution in [0.2, 0.25) is 0 Å². The number of rotatable bonds is 0. The van der Waals surface area contributed by atoms with Crippen LogP contribution in [0.15, 0.2) is 0 Å². The van der Waals surface area contributed by atoms with E-state index in [0.717, 1.165) is 17.8 Å². The lowest BCUT2D eigenvalue weighted by molar-refractivity contribution is -0.880. The van der Waals surface area contributed by atoms with Gasteiger partial charge in [-0.3, -0.25) is 0 Å². The Morgan fingerprint density at radius 1 is 1.08 bits per heavy atom. The first kappa shape index (κ1) is 8.55. The van der Waals surface area contributed by atoms with Crippen LogP contribution in [0.25, 0.3) is 0 Å². The van der Waals surface area contributed by atoms with E-state index in [4.69, 9.17) is 0 Å². The van der Waals surface area contributed by atoms with Crippen LogP contribution in [-0.2, 0) is 0 Å². The van der Waals surface area contributed by atoms with E-state index >= 15 is 0 Å². The molecule has 2 aliphatic rings. The quantitative estimate of drug-likeness (QED) is 0.486. The molecule has 1 heterocycles. The molecular weight excluding hydrogens is 146 g/mol. The highest BCUT2D eigenvalue weighted by molar-refractivity contribution is 4.83. The van der Waals surface area contributed by atoms with E-state index in [0.29, 0.717) is 0 Å². The SMILES string of the molecule is CC1CCCC2C[N+](C)(C)CC12. The van der Waals surface area contributed by atoms with E-state index in [-0.39, 0.29) is 0 Å². The summed E-state index contributed by atoms with van der Waals surface area (Å²) in [5.74, 6) is 3.11. The van der Waals surface area contributed by atoms with E-state index in [9.17, 15) is 0 Å². The molecule has 1 aliphatic heterocycles. The first-order chi connectivity index (χ1) is 5.58. The molecule has 1 nitrogen and oxygen atoms in total. The Bertz CT molecular complexity index is 174. The molecular formula is C11H22N+. The van der Waals surface area contributed by atoms with Gasteiger partial charge in [-0.25, -0.2) is 0 Å². The first-order valence-corrected chi connectivity index (χ1v) is 5.40. The molecule has 0 aromatic rings. The van der Waals surface area contributed by atoms with Crippen molar-refractivity contribution in [2.45, 2.75) is 26.2 Å². The zero-order chi connectivity index (χ0) is 8.77. The summed E-state index contributed by atoms with van der Waals surface area (Å²) in [5, 5.41) is 0. The predicted molar refractivity (Wildman–Crippen MR) is 51.8 cm³/mol. The predicted octanol–water partition coefficient (Wildman–Crippen LogP) is 2.13. The van der Waals surface area contributed by atoms with Gasteiger partial charge in [0, 0.05) is 11.8 Å². The van der Waals surface area contributed by atoms with E-state index in [2.05, 4.69) is 21.0 Å². The van der Waals surface area contributed by atoms with Gasteiger partial charge in [-0.05, 0) is 12.3 Å². The summed E-state index contributed by atoms with van der Waals surface area (Å²) in [6, 6.07) is 0. The maximum atomic E-state index is 2.46. The molecule has 1 saturated heterocycles. The molecule has 3 atom stereocenters. The number of fused-ring (bicyclic) bond motifs is 1. The lowest BCUT2D eigenvalue weighted by Gasteiger charge is -2.28. The van der Waals surface area contributed by atoms with Crippen molar-refractivity contribution in [2.75, 3.05) is 27.2 Å². The molecule has 2 rings (SSSR count). The Labute approximate surface area is 76.3 Å². The fourth-order valence-corrected chi connectivity index (χ4v) is 3.43. The van der Waals surface area contributed by atoms with Crippen LogP contribution in [0.3, 0.4) is 0 Å². The zero-order valence-corrected chi connectivity index (χ0v) is 8.71. The molecule has 70 valence electrons. The Morgan fingerprint density at radius 3 is 2.50 bits per heavy atom. The van der Waals surface area contributed by atoms with Gasteiger partial charge in [-0.2, -0.15) is 0 Å². The Kier molecular flexibility index (Phi) is 1.95. The lowest BCUT2D eigenvalue weighted by atomic mass is 9.75. The minimum Gasteiger partial charge on any atom is -0.328 e. The number of quaternary nitrogens is 1. The van der Waals surface area contributed by atoms with Crippen LogP contribution >= 0.6 is 0 Å². The lowest BCUT2D eigenvalue weighted by Crippen LogP contribution is -2.37. The van der Waals surface area contributed by atoms with Crippen molar-refractivity contribution in [3.8, 4) is 0 Å². The van der Waals surface area contributed by atoms with Gasteiger partial charge in [0.25, 0.3) is 0 Å². The summed E-state index contributed by atoms with van der Waals surface area (Å²) < 4.78 is 1.28. The number of hydrogen-bond donors (Lipinski definition) is 0. The topological polar surface area (TPSA) is 0 Å². The smallest absolute Gasteiger partial charge is 0.0818 e. The summed E-state index contributed by atoms with van der Waals surface area (Å²) in [4.78, 5) is 0. The van der Waals surface area contributed by atoms with Gasteiger partial charge in [0.15, 0.2) is 0 Å². The van der Waals surface area contributed by atoms with Gasteiger partial charge in [0.05, 0.1) is 27.2 Å². The molecule has 0 spiro atoms. The second-order valence-corrected chi connectivity index (χ2v) is 5.63. The third-order valence-corrected chi connectivity index (χ3v) is 4.00. The van der Waals surface area contributed by atoms with Crippen LogP contribution in [0.1, 0.15) is 26.2 Å². The maximum absolute atomic E-state index is 2.46. The van der Waals surface area contributed by atoms with Crippen LogP contribution in [0.5, 0.6) is 0 Å². The van der Waals surface area contributed by atoms with Crippen molar-refractivity contribution in [1.82, 2.24) is 0 Å². The first-order valence-electron chi connectivity index (χ1n) is 5.40. The highest BCUT2D eigenvalue weighted by Gasteiger charge is 2.43. The fourth-order valence-electron chi connectivity index (χ4n) is 3.43. The Morgan fingerprint density at radius 2 is 1.83 bits per heavy atom. The van der Waals surface area contributed by atoms with Gasteiger partial charge in [0.2, 0.25) is 0 Å². The van der Waals surface area contributed by atoms with Crippen molar-refractivity contribution in [3.63, 3.8) is 0 Å². The van der Waals surface area contributed by atoms with Crippen molar-refractivity contribution < 1.29 is 4.48 Å². The van der Waals surface area contributed by atoms with Gasteiger partial charge < -0.3 is 4.48 Å². The fraction of sp³-hybridized carbons (Fsp3) is 1.00. The van der Waals surface area contributed by atoms with E-state index in [1.165, 1.54) is 36.8 Å². The van der Waals surface area contributed by atoms with Crippen molar-refractivity contribution in [2.24, 2.45) is 17.8 Å². The normalized spacial score (nSPS) is 45.8. The van der Waals surface area contributed by atoms with Crippen molar-refractivity contribution >= 4 is 0 Å². The highest BCUT2D eigenvalue weighted by Crippen LogP contribution is 2.41. The molecule has 0 aromatic heterocycles. The summed E-state index contributed by atoms with van der Waals surface area (Å²) in [5.41, 5.74) is 0. The van der Waals surface area contributed by atoms with Crippen LogP contribution in [-0.4, -0.2) is 31.7 Å². The van der Waals surface area contributed by atoms with Crippen LogP contribution < -0.4 is 0 Å². The number of hydrogen-bond acceptors (Lipinski definition) is 0. The summed E-state index contributed by atoms with van der Waals surface area (Å²) >= 11 is 0. The van der Waals surface area contributed by atoms with Crippen LogP contribution in [0, 0.1) is 17.8 Å². The van der Waals surface area contributed by atoms with Crippen LogP contribution in [0.4, 0.5) is 0 Å². The molecule has 2 fully saturated rings. The average Bonchev–Trinajstić information content (AvgIpc) is 2.25. The third kappa shape index (κ3) is 1.39. The molecule has 3 unspecified atom stereocenters. The molecule has 12 heavy (non-hydrogen) atoms. The molecule has 0 radical (unpaired) electrons. The van der Waals surface area contributed by atoms with E-state index in [1.54, 1.807) is 0 Å². The Balaban J connectivity index is 2.09.